The molecule has 1 atom stereocenters. The molecule has 0 fully saturated rings. The molecule has 0 saturated carbocycles. The highest BCUT2D eigenvalue weighted by Crippen LogP contribution is 2.29. The van der Waals surface area contributed by atoms with E-state index in [0.29, 0.717) is 17.9 Å². The summed E-state index contributed by atoms with van der Waals surface area (Å²) in [4.78, 5) is 25.7. The topological polar surface area (TPSA) is 102 Å². The second kappa shape index (κ2) is 9.78. The van der Waals surface area contributed by atoms with E-state index >= 15 is 0 Å². The minimum atomic E-state index is -0.968. The molecule has 1 N–H and O–H groups in total. The highest BCUT2D eigenvalue weighted by atomic mass is 16.5. The number of Topliss-reactive ketones (excluding diaryl/α,β-unsaturated/α-hetero) is 1. The summed E-state index contributed by atoms with van der Waals surface area (Å²) in [5.74, 6) is -0.102. The van der Waals surface area contributed by atoms with Gasteiger partial charge in [-0.25, -0.2) is 0 Å². The number of nitrogens with zero attached hydrogens (tertiary/aromatic N) is 2. The molecule has 1 aromatic carbocycles. The van der Waals surface area contributed by atoms with Gasteiger partial charge in [0.15, 0.2) is 17.6 Å². The van der Waals surface area contributed by atoms with E-state index < -0.39 is 23.3 Å². The van der Waals surface area contributed by atoms with E-state index in [1.165, 1.54) is 14.0 Å². The number of ketones is 1. The van der Waals surface area contributed by atoms with Gasteiger partial charge in [0.1, 0.15) is 11.6 Å². The normalized spacial score (nSPS) is 11.6. The Morgan fingerprint density at radius 1 is 1.28 bits per heavy atom. The Hall–Kier alpha value is -3.27. The lowest BCUT2D eigenvalue weighted by atomic mass is 9.99. The Balaban J connectivity index is 2.46. The van der Waals surface area contributed by atoms with Crippen LogP contribution in [0.5, 0.6) is 17.4 Å². The summed E-state index contributed by atoms with van der Waals surface area (Å²) in [5, 5.41) is 20.1. The lowest BCUT2D eigenvalue weighted by Crippen LogP contribution is -2.31. The van der Waals surface area contributed by atoms with Crippen molar-refractivity contribution in [2.75, 3.05) is 7.11 Å². The van der Waals surface area contributed by atoms with Crippen molar-refractivity contribution in [2.24, 2.45) is 0 Å². The second-order valence-corrected chi connectivity index (χ2v) is 6.75. The fourth-order valence-corrected chi connectivity index (χ4v) is 3.14. The maximum absolute atomic E-state index is 13.1. The first-order valence-electron chi connectivity index (χ1n) is 9.57. The van der Waals surface area contributed by atoms with Gasteiger partial charge in [0.25, 0.3) is 5.56 Å². The molecular formula is C22H26N2O5. The van der Waals surface area contributed by atoms with Gasteiger partial charge in [-0.15, -0.1) is 0 Å². The molecule has 0 spiro atoms. The minimum absolute atomic E-state index is 0.0694. The summed E-state index contributed by atoms with van der Waals surface area (Å²) in [6.45, 7) is 5.28. The molecular weight excluding hydrogens is 372 g/mol. The van der Waals surface area contributed by atoms with E-state index in [0.717, 1.165) is 17.4 Å². The van der Waals surface area contributed by atoms with E-state index in [1.54, 1.807) is 31.2 Å². The van der Waals surface area contributed by atoms with Crippen LogP contribution >= 0.6 is 0 Å². The van der Waals surface area contributed by atoms with Crippen molar-refractivity contribution >= 4 is 5.78 Å². The van der Waals surface area contributed by atoms with Gasteiger partial charge in [-0.1, -0.05) is 31.9 Å². The van der Waals surface area contributed by atoms with Gasteiger partial charge in [0, 0.05) is 6.54 Å². The van der Waals surface area contributed by atoms with Crippen LogP contribution in [0.25, 0.3) is 0 Å². The molecule has 0 amide bonds. The molecule has 7 nitrogen and oxygen atoms in total. The number of hydrogen-bond donors (Lipinski definition) is 1. The molecule has 0 radical (unpaired) electrons. The van der Waals surface area contributed by atoms with Crippen LogP contribution in [-0.2, 0) is 6.54 Å². The Labute approximate surface area is 170 Å². The summed E-state index contributed by atoms with van der Waals surface area (Å²) >= 11 is 0. The molecule has 0 saturated heterocycles. The quantitative estimate of drug-likeness (QED) is 0.512. The number of aromatic hydroxyl groups is 1. The van der Waals surface area contributed by atoms with Crippen LogP contribution in [0.15, 0.2) is 29.1 Å². The van der Waals surface area contributed by atoms with E-state index in [4.69, 9.17) is 9.47 Å². The molecule has 1 heterocycles. The minimum Gasteiger partial charge on any atom is -0.494 e. The zero-order chi connectivity index (χ0) is 21.6. The van der Waals surface area contributed by atoms with E-state index in [1.807, 2.05) is 13.0 Å². The average molecular weight is 398 g/mol. The largest absolute Gasteiger partial charge is 0.494 e. The predicted octanol–water partition coefficient (Wildman–Crippen LogP) is 3.58. The Morgan fingerprint density at radius 2 is 1.93 bits per heavy atom. The fraction of sp³-hybridized carbons (Fsp3) is 0.409. The van der Waals surface area contributed by atoms with Crippen molar-refractivity contribution in [1.29, 1.82) is 5.26 Å². The summed E-state index contributed by atoms with van der Waals surface area (Å²) in [5.41, 5.74) is -0.650. The summed E-state index contributed by atoms with van der Waals surface area (Å²) < 4.78 is 12.1. The highest BCUT2D eigenvalue weighted by Gasteiger charge is 2.28. The van der Waals surface area contributed by atoms with E-state index in [9.17, 15) is 20.0 Å². The van der Waals surface area contributed by atoms with Crippen molar-refractivity contribution in [2.45, 2.75) is 52.7 Å². The molecule has 1 unspecified atom stereocenters. The number of benzene rings is 1. The zero-order valence-corrected chi connectivity index (χ0v) is 17.2. The van der Waals surface area contributed by atoms with Crippen LogP contribution in [0.3, 0.4) is 0 Å². The van der Waals surface area contributed by atoms with Gasteiger partial charge < -0.3 is 14.6 Å². The first-order chi connectivity index (χ1) is 13.9. The maximum atomic E-state index is 13.1. The van der Waals surface area contributed by atoms with Crippen LogP contribution in [0.1, 0.15) is 54.6 Å². The molecule has 2 rings (SSSR count). The zero-order valence-electron chi connectivity index (χ0n) is 17.2. The number of rotatable bonds is 9. The van der Waals surface area contributed by atoms with Crippen molar-refractivity contribution in [3.8, 4) is 23.4 Å². The smallest absolute Gasteiger partial charge is 0.271 e. The highest BCUT2D eigenvalue weighted by molar-refractivity contribution is 6.03. The van der Waals surface area contributed by atoms with Gasteiger partial charge in [0.2, 0.25) is 11.7 Å². The lowest BCUT2D eigenvalue weighted by Gasteiger charge is -2.19. The van der Waals surface area contributed by atoms with Gasteiger partial charge in [-0.2, -0.15) is 5.26 Å². The fourth-order valence-electron chi connectivity index (χ4n) is 3.14. The van der Waals surface area contributed by atoms with Crippen LogP contribution in [-0.4, -0.2) is 28.7 Å². The van der Waals surface area contributed by atoms with Crippen molar-refractivity contribution < 1.29 is 19.4 Å². The van der Waals surface area contributed by atoms with Crippen LogP contribution in [0.4, 0.5) is 0 Å². The van der Waals surface area contributed by atoms with Crippen molar-refractivity contribution in [3.05, 3.63) is 51.3 Å². The van der Waals surface area contributed by atoms with Gasteiger partial charge >= 0.3 is 0 Å². The van der Waals surface area contributed by atoms with Crippen LogP contribution in [0.2, 0.25) is 0 Å². The molecule has 2 aromatic rings. The molecule has 7 heteroatoms. The number of aromatic nitrogens is 1. The first-order valence-corrected chi connectivity index (χ1v) is 9.57. The lowest BCUT2D eigenvalue weighted by molar-refractivity contribution is 0.0808. The third kappa shape index (κ3) is 4.60. The summed E-state index contributed by atoms with van der Waals surface area (Å²) in [7, 11) is 1.50. The Morgan fingerprint density at radius 3 is 2.52 bits per heavy atom. The number of nitriles is 1. The van der Waals surface area contributed by atoms with Crippen molar-refractivity contribution in [1.82, 2.24) is 4.57 Å². The number of unbranched alkanes of at least 4 members (excludes halogenated alkanes) is 2. The number of pyridine rings is 1. The van der Waals surface area contributed by atoms with Crippen molar-refractivity contribution in [3.63, 3.8) is 0 Å². The molecule has 1 aromatic heterocycles. The Bertz CT molecular complexity index is 988. The number of carbonyl (C=O) groups is 1. The monoisotopic (exact) mass is 398 g/mol. The van der Waals surface area contributed by atoms with Gasteiger partial charge in [-0.3, -0.25) is 14.2 Å². The summed E-state index contributed by atoms with van der Waals surface area (Å²) in [6, 6.07) is 8.77. The third-order valence-corrected chi connectivity index (χ3v) is 4.77. The second-order valence-electron chi connectivity index (χ2n) is 6.75. The van der Waals surface area contributed by atoms with Gasteiger partial charge in [0.05, 0.1) is 12.7 Å². The standard InChI is InChI=1S/C22H26N2O5/c1-5-6-9-12-24-21(26)16(13-23)14(2)19(22(24)27)20(25)15(3)29-18-11-8-7-10-17(18)28-4/h7-8,10-11,15,27H,5-6,9,12H2,1-4H3. The van der Waals surface area contributed by atoms with Crippen LogP contribution in [0, 0.1) is 18.3 Å². The number of carbonyl (C=O) groups excluding carboxylic acids is 1. The maximum Gasteiger partial charge on any atom is 0.271 e. The van der Waals surface area contributed by atoms with E-state index in [-0.39, 0.29) is 23.2 Å². The average Bonchev–Trinajstić information content (AvgIpc) is 2.71. The SMILES string of the molecule is CCCCCn1c(O)c(C(=O)C(C)Oc2ccccc2OC)c(C)c(C#N)c1=O. The van der Waals surface area contributed by atoms with E-state index in [2.05, 4.69) is 0 Å². The number of ether oxygens (including phenoxy) is 2. The van der Waals surface area contributed by atoms with Crippen LogP contribution < -0.4 is 15.0 Å². The number of para-hydroxylation sites is 2. The predicted molar refractivity (Wildman–Crippen MR) is 109 cm³/mol. The number of hydrogen-bond acceptors (Lipinski definition) is 6. The first kappa shape index (κ1) is 22.0. The molecule has 0 aliphatic heterocycles. The Kier molecular flexibility index (Phi) is 7.43. The molecule has 29 heavy (non-hydrogen) atoms. The van der Waals surface area contributed by atoms with Gasteiger partial charge in [-0.05, 0) is 38.0 Å². The molecule has 0 bridgehead atoms. The summed E-state index contributed by atoms with van der Waals surface area (Å²) in [6.07, 6.45) is 1.48. The molecule has 0 aliphatic carbocycles. The third-order valence-electron chi connectivity index (χ3n) is 4.77. The molecule has 0 aliphatic rings. The number of methoxy groups -OCH3 is 1. The molecule has 154 valence electrons.